The smallest absolute Gasteiger partial charge is 0.0105 e. The van der Waals surface area contributed by atoms with E-state index in [-0.39, 0.29) is 0 Å². The van der Waals surface area contributed by atoms with Crippen molar-refractivity contribution in [3.63, 3.8) is 0 Å². The van der Waals surface area contributed by atoms with Crippen molar-refractivity contribution in [1.29, 1.82) is 0 Å². The van der Waals surface area contributed by atoms with Gasteiger partial charge in [0.15, 0.2) is 0 Å². The molecule has 0 heterocycles. The zero-order valence-electron chi connectivity index (χ0n) is 23.2. The van der Waals surface area contributed by atoms with E-state index in [1.54, 1.807) is 0 Å². The Bertz CT molecular complexity index is 663. The molecule has 8 atom stereocenters. The summed E-state index contributed by atoms with van der Waals surface area (Å²) in [7, 11) is 0. The van der Waals surface area contributed by atoms with E-state index in [1.165, 1.54) is 96.4 Å². The summed E-state index contributed by atoms with van der Waals surface area (Å²) >= 11 is 0. The third-order valence-electron chi connectivity index (χ3n) is 11.5. The minimum atomic E-state index is 0.507. The minimum absolute atomic E-state index is 0.507. The van der Waals surface area contributed by atoms with Crippen LogP contribution in [0.2, 0.25) is 0 Å². The summed E-state index contributed by atoms with van der Waals surface area (Å²) in [6.45, 7) is 16.4. The Morgan fingerprint density at radius 1 is 0.939 bits per heavy atom. The Labute approximate surface area is 207 Å². The van der Waals surface area contributed by atoms with Gasteiger partial charge in [-0.2, -0.15) is 0 Å². The molecule has 33 heavy (non-hydrogen) atoms. The SMILES string of the molecule is CCCCCN[C@H]1CC[C@@]2(C)C(=CC[C@H]3[C@@H]4CC[C@H]([C@H](C)CCCC(C)C)[C@@]4(C)CC[C@@H]32)C1. The van der Waals surface area contributed by atoms with Gasteiger partial charge in [0.05, 0.1) is 0 Å². The van der Waals surface area contributed by atoms with Crippen LogP contribution in [0.3, 0.4) is 0 Å². The number of rotatable bonds is 10. The summed E-state index contributed by atoms with van der Waals surface area (Å²) in [4.78, 5) is 0. The van der Waals surface area contributed by atoms with Gasteiger partial charge in [0.1, 0.15) is 0 Å². The highest BCUT2D eigenvalue weighted by Gasteiger charge is 2.59. The maximum atomic E-state index is 3.92. The van der Waals surface area contributed by atoms with Crippen molar-refractivity contribution >= 4 is 0 Å². The first kappa shape index (κ1) is 25.8. The van der Waals surface area contributed by atoms with Gasteiger partial charge in [0.25, 0.3) is 0 Å². The number of nitrogens with one attached hydrogen (secondary N) is 1. The summed E-state index contributed by atoms with van der Waals surface area (Å²) < 4.78 is 0. The molecule has 0 saturated heterocycles. The molecule has 3 saturated carbocycles. The van der Waals surface area contributed by atoms with E-state index in [4.69, 9.17) is 0 Å². The van der Waals surface area contributed by atoms with Gasteiger partial charge >= 0.3 is 0 Å². The van der Waals surface area contributed by atoms with Crippen LogP contribution < -0.4 is 5.32 Å². The fourth-order valence-electron chi connectivity index (χ4n) is 9.54. The van der Waals surface area contributed by atoms with Crippen LogP contribution in [0, 0.1) is 46.3 Å². The number of allylic oxidation sites excluding steroid dienone is 1. The molecule has 0 spiro atoms. The Hall–Kier alpha value is -0.300. The minimum Gasteiger partial charge on any atom is -0.314 e. The van der Waals surface area contributed by atoms with Gasteiger partial charge in [-0.25, -0.2) is 0 Å². The maximum absolute atomic E-state index is 3.92. The highest BCUT2D eigenvalue weighted by molar-refractivity contribution is 5.26. The second-order valence-corrected chi connectivity index (χ2v) is 13.9. The maximum Gasteiger partial charge on any atom is 0.0105 e. The summed E-state index contributed by atoms with van der Waals surface area (Å²) in [6.07, 6.45) is 22.8. The van der Waals surface area contributed by atoms with Crippen molar-refractivity contribution in [2.24, 2.45) is 46.3 Å². The molecule has 0 aromatic heterocycles. The van der Waals surface area contributed by atoms with Crippen LogP contribution in [0.5, 0.6) is 0 Å². The van der Waals surface area contributed by atoms with Gasteiger partial charge in [-0.1, -0.05) is 85.3 Å². The molecule has 1 heteroatoms. The van der Waals surface area contributed by atoms with E-state index in [0.29, 0.717) is 10.8 Å². The molecule has 0 amide bonds. The van der Waals surface area contributed by atoms with Crippen LogP contribution in [0.15, 0.2) is 11.6 Å². The van der Waals surface area contributed by atoms with E-state index in [2.05, 4.69) is 52.9 Å². The predicted octanol–water partition coefficient (Wildman–Crippen LogP) is 9.18. The zero-order valence-corrected chi connectivity index (χ0v) is 23.2. The van der Waals surface area contributed by atoms with E-state index in [9.17, 15) is 0 Å². The summed E-state index contributed by atoms with van der Waals surface area (Å²) in [6, 6.07) is 0.745. The molecule has 0 aromatic rings. The fraction of sp³-hybridized carbons (Fsp3) is 0.938. The Kier molecular flexibility index (Phi) is 8.40. The molecule has 3 fully saturated rings. The monoisotopic (exact) mass is 455 g/mol. The van der Waals surface area contributed by atoms with Crippen LogP contribution in [0.25, 0.3) is 0 Å². The standard InChI is InChI=1S/C32H57N/c1-7-8-9-21-33-26-17-19-31(5)25(22-26)13-14-27-29-16-15-28(24(4)12-10-11-23(2)3)32(29,6)20-18-30(27)31/h13,23-24,26-30,33H,7-12,14-22H2,1-6H3/t24-,26+,27+,28-,29+,30+,31+,32-/m1/s1. The Morgan fingerprint density at radius 3 is 2.52 bits per heavy atom. The number of hydrogen-bond acceptors (Lipinski definition) is 1. The first-order valence-corrected chi connectivity index (χ1v) is 15.2. The molecular formula is C32H57N. The quantitative estimate of drug-likeness (QED) is 0.256. The average Bonchev–Trinajstić information content (AvgIpc) is 3.14. The first-order chi connectivity index (χ1) is 15.8. The second kappa shape index (κ2) is 10.8. The Morgan fingerprint density at radius 2 is 1.76 bits per heavy atom. The van der Waals surface area contributed by atoms with Crippen molar-refractivity contribution in [1.82, 2.24) is 5.32 Å². The van der Waals surface area contributed by atoms with Gasteiger partial charge in [-0.15, -0.1) is 0 Å². The molecule has 0 aromatic carbocycles. The van der Waals surface area contributed by atoms with Gasteiger partial charge in [-0.3, -0.25) is 0 Å². The van der Waals surface area contributed by atoms with Gasteiger partial charge < -0.3 is 5.32 Å². The van der Waals surface area contributed by atoms with Crippen molar-refractivity contribution < 1.29 is 0 Å². The molecule has 1 N–H and O–H groups in total. The zero-order chi connectivity index (χ0) is 23.6. The third-order valence-corrected chi connectivity index (χ3v) is 11.5. The van der Waals surface area contributed by atoms with E-state index < -0.39 is 0 Å². The third kappa shape index (κ3) is 5.15. The summed E-state index contributed by atoms with van der Waals surface area (Å²) in [5.74, 6) is 5.70. The molecule has 1 nitrogen and oxygen atoms in total. The Balaban J connectivity index is 1.40. The topological polar surface area (TPSA) is 12.0 Å². The van der Waals surface area contributed by atoms with Crippen molar-refractivity contribution in [3.05, 3.63) is 11.6 Å². The first-order valence-electron chi connectivity index (χ1n) is 15.2. The number of unbranched alkanes of at least 4 members (excludes halogenated alkanes) is 2. The lowest BCUT2D eigenvalue weighted by Crippen LogP contribution is -2.51. The number of fused-ring (bicyclic) bond motifs is 5. The fourth-order valence-corrected chi connectivity index (χ4v) is 9.54. The van der Waals surface area contributed by atoms with Gasteiger partial charge in [0, 0.05) is 6.04 Å². The van der Waals surface area contributed by atoms with Crippen LogP contribution in [0.4, 0.5) is 0 Å². The lowest BCUT2D eigenvalue weighted by molar-refractivity contribution is -0.0514. The van der Waals surface area contributed by atoms with Crippen LogP contribution in [-0.4, -0.2) is 12.6 Å². The van der Waals surface area contributed by atoms with E-state index >= 15 is 0 Å². The second-order valence-electron chi connectivity index (χ2n) is 13.9. The van der Waals surface area contributed by atoms with Gasteiger partial charge in [0.2, 0.25) is 0 Å². The van der Waals surface area contributed by atoms with Crippen LogP contribution >= 0.6 is 0 Å². The molecule has 0 unspecified atom stereocenters. The molecule has 4 rings (SSSR count). The number of hydrogen-bond donors (Lipinski definition) is 1. The van der Waals surface area contributed by atoms with E-state index in [0.717, 1.165) is 41.5 Å². The van der Waals surface area contributed by atoms with Crippen molar-refractivity contribution in [3.8, 4) is 0 Å². The average molecular weight is 456 g/mol. The lowest BCUT2D eigenvalue weighted by Gasteiger charge is -2.58. The lowest BCUT2D eigenvalue weighted by atomic mass is 9.47. The highest BCUT2D eigenvalue weighted by atomic mass is 14.9. The molecule has 0 radical (unpaired) electrons. The summed E-state index contributed by atoms with van der Waals surface area (Å²) in [5, 5.41) is 3.92. The molecule has 4 aliphatic carbocycles. The molecule has 0 bridgehead atoms. The van der Waals surface area contributed by atoms with Crippen LogP contribution in [-0.2, 0) is 0 Å². The van der Waals surface area contributed by atoms with Gasteiger partial charge in [-0.05, 0) is 111 Å². The van der Waals surface area contributed by atoms with Crippen molar-refractivity contribution in [2.75, 3.05) is 6.54 Å². The van der Waals surface area contributed by atoms with Crippen LogP contribution in [0.1, 0.15) is 131 Å². The normalized spacial score (nSPS) is 41.3. The van der Waals surface area contributed by atoms with Crippen molar-refractivity contribution in [2.45, 2.75) is 137 Å². The highest BCUT2D eigenvalue weighted by Crippen LogP contribution is 2.67. The molecule has 0 aliphatic heterocycles. The van der Waals surface area contributed by atoms with E-state index in [1.807, 2.05) is 5.57 Å². The molecule has 4 aliphatic rings. The predicted molar refractivity (Wildman–Crippen MR) is 144 cm³/mol. The largest absolute Gasteiger partial charge is 0.314 e. The molecular weight excluding hydrogens is 398 g/mol. The summed E-state index contributed by atoms with van der Waals surface area (Å²) in [5.41, 5.74) is 2.98. The molecule has 190 valence electrons.